The van der Waals surface area contributed by atoms with E-state index in [1.165, 1.54) is 5.69 Å². The topological polar surface area (TPSA) is 28.4 Å². The average Bonchev–Trinajstić information content (AvgIpc) is 2.93. The molecule has 3 nitrogen and oxygen atoms in total. The monoisotopic (exact) mass is 318 g/mol. The molecule has 3 rings (SSSR count). The molecular formula is C18H23ClN2O. The van der Waals surface area contributed by atoms with Crippen LogP contribution in [-0.4, -0.2) is 27.7 Å². The van der Waals surface area contributed by atoms with Gasteiger partial charge in [0.05, 0.1) is 6.10 Å². The molecule has 1 fully saturated rings. The van der Waals surface area contributed by atoms with E-state index in [0.29, 0.717) is 10.9 Å². The summed E-state index contributed by atoms with van der Waals surface area (Å²) in [5, 5.41) is 11.3. The lowest BCUT2D eigenvalue weighted by Gasteiger charge is -2.34. The van der Waals surface area contributed by atoms with Crippen LogP contribution in [0.1, 0.15) is 30.2 Å². The highest BCUT2D eigenvalue weighted by Crippen LogP contribution is 2.31. The molecule has 22 heavy (non-hydrogen) atoms. The van der Waals surface area contributed by atoms with Gasteiger partial charge >= 0.3 is 0 Å². The number of aliphatic hydroxyl groups excluding tert-OH is 1. The fraction of sp³-hybridized carbons (Fsp3) is 0.444. The quantitative estimate of drug-likeness (QED) is 0.932. The number of hydrogen-bond donors (Lipinski definition) is 1. The van der Waals surface area contributed by atoms with Gasteiger partial charge in [0.25, 0.3) is 0 Å². The number of benzene rings is 1. The molecule has 2 aromatic rings. The summed E-state index contributed by atoms with van der Waals surface area (Å²) in [6, 6.07) is 11.8. The van der Waals surface area contributed by atoms with Crippen LogP contribution in [0, 0.1) is 5.92 Å². The number of aliphatic hydroxyl groups is 1. The Kier molecular flexibility index (Phi) is 4.87. The first-order valence-corrected chi connectivity index (χ1v) is 8.27. The van der Waals surface area contributed by atoms with Gasteiger partial charge in [0, 0.05) is 30.5 Å². The Morgan fingerprint density at radius 3 is 2.45 bits per heavy atom. The predicted octanol–water partition coefficient (Wildman–Crippen LogP) is 3.62. The van der Waals surface area contributed by atoms with Crippen molar-refractivity contribution in [3.8, 4) is 0 Å². The second-order valence-corrected chi connectivity index (χ2v) is 6.66. The first-order valence-electron chi connectivity index (χ1n) is 7.89. The maximum Gasteiger partial charge on any atom is 0.0819 e. The number of nitrogens with zero attached hydrogens (tertiary/aromatic N) is 2. The molecule has 2 heterocycles. The van der Waals surface area contributed by atoms with Crippen molar-refractivity contribution >= 4 is 11.6 Å². The maximum atomic E-state index is 10.6. The van der Waals surface area contributed by atoms with E-state index in [1.54, 1.807) is 0 Å². The van der Waals surface area contributed by atoms with E-state index >= 15 is 0 Å². The van der Waals surface area contributed by atoms with Gasteiger partial charge in [-0.25, -0.2) is 0 Å². The van der Waals surface area contributed by atoms with Gasteiger partial charge < -0.3 is 9.67 Å². The van der Waals surface area contributed by atoms with Crippen molar-refractivity contribution in [2.24, 2.45) is 13.0 Å². The van der Waals surface area contributed by atoms with E-state index in [1.807, 2.05) is 24.3 Å². The fourth-order valence-corrected chi connectivity index (χ4v) is 3.37. The van der Waals surface area contributed by atoms with Crippen LogP contribution in [0.3, 0.4) is 0 Å². The van der Waals surface area contributed by atoms with Crippen LogP contribution >= 0.6 is 11.6 Å². The van der Waals surface area contributed by atoms with Gasteiger partial charge in [0.1, 0.15) is 0 Å². The third-order valence-electron chi connectivity index (χ3n) is 4.73. The first kappa shape index (κ1) is 15.6. The van der Waals surface area contributed by atoms with Gasteiger partial charge in [-0.15, -0.1) is 0 Å². The van der Waals surface area contributed by atoms with Gasteiger partial charge in [-0.1, -0.05) is 23.7 Å². The maximum absolute atomic E-state index is 10.6. The first-order chi connectivity index (χ1) is 10.6. The number of likely N-dealkylation sites (tertiary alicyclic amines) is 1. The van der Waals surface area contributed by atoms with Crippen LogP contribution in [0.25, 0.3) is 0 Å². The number of aromatic nitrogens is 1. The van der Waals surface area contributed by atoms with Crippen molar-refractivity contribution in [1.29, 1.82) is 0 Å². The van der Waals surface area contributed by atoms with Crippen molar-refractivity contribution in [1.82, 2.24) is 9.47 Å². The lowest BCUT2D eigenvalue weighted by molar-refractivity contribution is 0.0562. The normalized spacial score (nSPS) is 18.5. The molecule has 4 heteroatoms. The zero-order valence-corrected chi connectivity index (χ0v) is 13.7. The van der Waals surface area contributed by atoms with E-state index < -0.39 is 0 Å². The number of piperidine rings is 1. The van der Waals surface area contributed by atoms with Crippen LogP contribution in [0.15, 0.2) is 42.6 Å². The minimum absolute atomic E-state index is 0.339. The summed E-state index contributed by atoms with van der Waals surface area (Å²) >= 11 is 5.91. The SMILES string of the molecule is Cn1cccc1CN1CCC(C(O)c2ccc(Cl)cc2)CC1. The summed E-state index contributed by atoms with van der Waals surface area (Å²) in [6.07, 6.45) is 3.78. The molecule has 1 saturated heterocycles. The molecule has 0 amide bonds. The van der Waals surface area contributed by atoms with Gasteiger partial charge in [0.15, 0.2) is 0 Å². The number of hydrogen-bond acceptors (Lipinski definition) is 2. The molecule has 0 saturated carbocycles. The molecule has 0 bridgehead atoms. The van der Waals surface area contributed by atoms with Gasteiger partial charge in [-0.05, 0) is 61.7 Å². The molecule has 1 aromatic heterocycles. The summed E-state index contributed by atoms with van der Waals surface area (Å²) in [4.78, 5) is 2.47. The molecule has 118 valence electrons. The van der Waals surface area contributed by atoms with Crippen molar-refractivity contribution in [2.45, 2.75) is 25.5 Å². The summed E-state index contributed by atoms with van der Waals surface area (Å²) < 4.78 is 2.18. The number of halogens is 1. The van der Waals surface area contributed by atoms with Crippen LogP contribution in [0.2, 0.25) is 5.02 Å². The molecule has 1 unspecified atom stereocenters. The Hall–Kier alpha value is -1.29. The van der Waals surface area contributed by atoms with E-state index in [2.05, 4.69) is 34.8 Å². The largest absolute Gasteiger partial charge is 0.388 e. The van der Waals surface area contributed by atoms with Crippen LogP contribution < -0.4 is 0 Å². The molecule has 1 aliphatic heterocycles. The summed E-state index contributed by atoms with van der Waals surface area (Å²) in [5.41, 5.74) is 2.32. The fourth-order valence-electron chi connectivity index (χ4n) is 3.25. The minimum Gasteiger partial charge on any atom is -0.388 e. The van der Waals surface area contributed by atoms with Crippen molar-refractivity contribution in [3.63, 3.8) is 0 Å². The van der Waals surface area contributed by atoms with Gasteiger partial charge in [0.2, 0.25) is 0 Å². The molecular weight excluding hydrogens is 296 g/mol. The third kappa shape index (κ3) is 3.54. The highest BCUT2D eigenvalue weighted by atomic mass is 35.5. The van der Waals surface area contributed by atoms with Crippen molar-refractivity contribution < 1.29 is 5.11 Å². The minimum atomic E-state index is -0.380. The average molecular weight is 319 g/mol. The summed E-state index contributed by atoms with van der Waals surface area (Å²) in [5.74, 6) is 0.339. The van der Waals surface area contributed by atoms with E-state index in [-0.39, 0.29) is 6.10 Å². The second-order valence-electron chi connectivity index (χ2n) is 6.22. The molecule has 0 radical (unpaired) electrons. The van der Waals surface area contributed by atoms with Crippen molar-refractivity contribution in [3.05, 3.63) is 58.9 Å². The van der Waals surface area contributed by atoms with Gasteiger partial charge in [-0.2, -0.15) is 0 Å². The van der Waals surface area contributed by atoms with Gasteiger partial charge in [-0.3, -0.25) is 4.90 Å². The summed E-state index contributed by atoms with van der Waals surface area (Å²) in [7, 11) is 2.09. The molecule has 1 atom stereocenters. The van der Waals surface area contributed by atoms with Crippen LogP contribution in [0.4, 0.5) is 0 Å². The third-order valence-corrected chi connectivity index (χ3v) is 4.98. The Bertz CT molecular complexity index is 600. The Labute approximate surface area is 137 Å². The van der Waals surface area contributed by atoms with Crippen molar-refractivity contribution in [2.75, 3.05) is 13.1 Å². The summed E-state index contributed by atoms with van der Waals surface area (Å²) in [6.45, 7) is 3.08. The smallest absolute Gasteiger partial charge is 0.0819 e. The molecule has 0 spiro atoms. The van der Waals surface area contributed by atoms with Crippen LogP contribution in [0.5, 0.6) is 0 Å². The Morgan fingerprint density at radius 2 is 1.86 bits per heavy atom. The van der Waals surface area contributed by atoms with Crippen LogP contribution in [-0.2, 0) is 13.6 Å². The zero-order chi connectivity index (χ0) is 15.5. The Balaban J connectivity index is 1.55. The molecule has 1 aliphatic rings. The molecule has 0 aliphatic carbocycles. The highest BCUT2D eigenvalue weighted by Gasteiger charge is 2.26. The zero-order valence-electron chi connectivity index (χ0n) is 13.0. The Morgan fingerprint density at radius 1 is 1.18 bits per heavy atom. The highest BCUT2D eigenvalue weighted by molar-refractivity contribution is 6.30. The van der Waals surface area contributed by atoms with E-state index in [0.717, 1.165) is 38.0 Å². The molecule has 1 aromatic carbocycles. The van der Waals surface area contributed by atoms with E-state index in [4.69, 9.17) is 11.6 Å². The standard InChI is InChI=1S/C18H23ClN2O/c1-20-10-2-3-17(20)13-21-11-8-15(9-12-21)18(22)14-4-6-16(19)7-5-14/h2-7,10,15,18,22H,8-9,11-13H2,1H3. The second kappa shape index (κ2) is 6.86. The lowest BCUT2D eigenvalue weighted by atomic mass is 9.87. The number of aryl methyl sites for hydroxylation is 1. The van der Waals surface area contributed by atoms with E-state index in [9.17, 15) is 5.11 Å². The lowest BCUT2D eigenvalue weighted by Crippen LogP contribution is -2.35. The number of rotatable bonds is 4. The predicted molar refractivity (Wildman–Crippen MR) is 89.8 cm³/mol. The molecule has 1 N–H and O–H groups in total.